The maximum absolute atomic E-state index is 12.4. The molecular formula is C75H88N10O12S2. The second-order valence-corrected chi connectivity index (χ2v) is 25.9. The summed E-state index contributed by atoms with van der Waals surface area (Å²) in [4.78, 5) is 61.8. The molecule has 6 aromatic rings. The Bertz CT molecular complexity index is 3850. The fourth-order valence-corrected chi connectivity index (χ4v) is 13.6. The molecule has 0 bridgehead atoms. The van der Waals surface area contributed by atoms with Crippen molar-refractivity contribution < 1.29 is 57.4 Å². The largest absolute Gasteiger partial charge is 0.463 e. The molecule has 1 N–H and O–H groups in total. The number of Topliss-reactive ketones (excluding diaryl/α,β-unsaturated/α-hetero) is 1. The number of ketones is 1. The topological polar surface area (TPSA) is 246 Å². The van der Waals surface area contributed by atoms with E-state index in [2.05, 4.69) is 93.7 Å². The summed E-state index contributed by atoms with van der Waals surface area (Å²) in [6, 6.07) is 34.2. The number of nitrogens with zero attached hydrogens (tertiary/aromatic N) is 10. The van der Waals surface area contributed by atoms with Crippen molar-refractivity contribution in [2.24, 2.45) is 44.1 Å². The minimum Gasteiger partial charge on any atom is -0.463 e. The summed E-state index contributed by atoms with van der Waals surface area (Å²) < 4.78 is 39.1. The number of fused-ring (bicyclic) bond motifs is 1. The summed E-state index contributed by atoms with van der Waals surface area (Å²) in [5.74, 6) is -1.57. The molecule has 9 rings (SSSR count). The quantitative estimate of drug-likeness (QED) is 0.0136. The Balaban J connectivity index is 0.000000257. The number of carbonyl (C=O) groups excluding carboxylic acids is 4. The highest BCUT2D eigenvalue weighted by molar-refractivity contribution is 7.20. The Morgan fingerprint density at radius 2 is 1.06 bits per heavy atom. The van der Waals surface area contributed by atoms with Crippen LogP contribution in [-0.4, -0.2) is 121 Å². The van der Waals surface area contributed by atoms with E-state index in [4.69, 9.17) is 48.1 Å². The van der Waals surface area contributed by atoms with Crippen molar-refractivity contribution in [2.75, 3.05) is 102 Å². The smallest absolute Gasteiger partial charge is 0.317 e. The van der Waals surface area contributed by atoms with Crippen molar-refractivity contribution in [1.82, 2.24) is 0 Å². The van der Waals surface area contributed by atoms with Gasteiger partial charge in [0.1, 0.15) is 40.7 Å². The number of aliphatic hydroxyl groups excluding tert-OH is 1. The van der Waals surface area contributed by atoms with Gasteiger partial charge in [0.05, 0.1) is 113 Å². The van der Waals surface area contributed by atoms with Gasteiger partial charge >= 0.3 is 17.9 Å². The van der Waals surface area contributed by atoms with Gasteiger partial charge in [-0.15, -0.1) is 22.7 Å². The molecular weight excluding hydrogens is 1300 g/mol. The predicted octanol–water partition coefficient (Wildman–Crippen LogP) is 17.1. The third-order valence-corrected chi connectivity index (χ3v) is 19.5. The zero-order chi connectivity index (χ0) is 71.1. The summed E-state index contributed by atoms with van der Waals surface area (Å²) in [6.07, 6.45) is 6.84. The highest BCUT2D eigenvalue weighted by Gasteiger charge is 2.45. The molecule has 24 heteroatoms. The van der Waals surface area contributed by atoms with Gasteiger partial charge in [-0.05, 0) is 137 Å². The monoisotopic (exact) mass is 1380 g/mol. The second kappa shape index (κ2) is 40.8. The average molecular weight is 1390 g/mol. The molecule has 6 atom stereocenters. The molecule has 0 spiro atoms. The van der Waals surface area contributed by atoms with E-state index < -0.39 is 0 Å². The standard InChI is InChI=1S/C41H51N5O7S.C26H27N5O2S.C8H10O3/c1-6-46(33-16-17-36(29(2)26-33)44-45-40-39(43-5)30(3)38(27-42)54-40)28-37(32-12-8-7-9-13-32)52-24-22-50-20-18-49-19-21-51-23-25-53-41(48)35-15-11-10-14-34(35)31(4)47;1-6-31(17-23(33-15-14-32)20-10-8-7-9-11-20)21-12-13-22(18(2)16-21)29-30-26-24(27-4)19(3)25(28-5)34-26;9-7-5-3-1-2-4-6(5)8(10)11-7/h7-9,12-13,16-17,26,34-35,37H,6,10-11,14-15,18-25,28H2,1-4H3;7-13,16,23,32H,6,14-15,17H2,1-3H3;5-6H,1-4H2. The number of aryl methyl sites for hydroxylation is 2. The SMILES string of the molecule is O=C1OC(=O)C2CCCCC12.[C-]#[N+]c1c(N=Nc2ccc(N(CC)CC(OCCOCCOCCOCCOC(=O)C3CCCCC3C(C)=O)c3ccccc3)cc2C)sc(C#N)c1C.[C-]#[N+]c1sc(N=Nc2ccc(N(CC)CC(OCCO)c3ccccc3)cc2C)c([N+]#[C-])c1C. The van der Waals surface area contributed by atoms with Crippen LogP contribution in [0.3, 0.4) is 0 Å². The summed E-state index contributed by atoms with van der Waals surface area (Å²) >= 11 is 2.37. The van der Waals surface area contributed by atoms with E-state index in [1.54, 1.807) is 20.8 Å². The lowest BCUT2D eigenvalue weighted by atomic mass is 9.77. The number of carbonyl (C=O) groups is 4. The van der Waals surface area contributed by atoms with E-state index in [1.807, 2.05) is 86.6 Å². The number of cyclic esters (lactones) is 2. The zero-order valence-electron chi connectivity index (χ0n) is 57.5. The molecule has 2 saturated carbocycles. The van der Waals surface area contributed by atoms with Crippen LogP contribution in [0.4, 0.5) is 49.1 Å². The van der Waals surface area contributed by atoms with Crippen LogP contribution in [0.2, 0.25) is 0 Å². The van der Waals surface area contributed by atoms with Gasteiger partial charge in [0, 0.05) is 43.5 Å². The van der Waals surface area contributed by atoms with E-state index in [0.717, 1.165) is 91.7 Å². The third kappa shape index (κ3) is 22.5. The van der Waals surface area contributed by atoms with Crippen molar-refractivity contribution in [2.45, 2.75) is 112 Å². The number of ether oxygens (including phenoxy) is 7. The summed E-state index contributed by atoms with van der Waals surface area (Å²) in [5, 5.41) is 37.4. The molecule has 1 aliphatic heterocycles. The fourth-order valence-electron chi connectivity index (χ4n) is 11.9. The van der Waals surface area contributed by atoms with Gasteiger partial charge < -0.3 is 48.1 Å². The third-order valence-electron chi connectivity index (χ3n) is 17.4. The number of benzene rings is 4. The molecule has 6 unspecified atom stereocenters. The van der Waals surface area contributed by atoms with Crippen LogP contribution >= 0.6 is 22.7 Å². The molecule has 2 aliphatic carbocycles. The Labute approximate surface area is 589 Å². The van der Waals surface area contributed by atoms with Crippen LogP contribution in [0.1, 0.15) is 123 Å². The van der Waals surface area contributed by atoms with Gasteiger partial charge in [-0.1, -0.05) is 93.3 Å². The number of thiophene rings is 2. The van der Waals surface area contributed by atoms with Crippen LogP contribution in [0.5, 0.6) is 0 Å². The lowest BCUT2D eigenvalue weighted by Gasteiger charge is -2.29. The van der Waals surface area contributed by atoms with E-state index >= 15 is 0 Å². The molecule has 0 radical (unpaired) electrons. The summed E-state index contributed by atoms with van der Waals surface area (Å²) in [6.45, 7) is 41.3. The van der Waals surface area contributed by atoms with E-state index in [9.17, 15) is 29.5 Å². The average Bonchev–Trinajstić information content (AvgIpc) is 1.76. The van der Waals surface area contributed by atoms with Gasteiger partial charge in [-0.25, -0.2) is 14.5 Å². The Hall–Kier alpha value is -8.92. The van der Waals surface area contributed by atoms with Gasteiger partial charge in [0.2, 0.25) is 16.4 Å². The Kier molecular flexibility index (Phi) is 31.9. The Morgan fingerprint density at radius 1 is 0.606 bits per heavy atom. The number of rotatable bonds is 32. The molecule has 3 heterocycles. The molecule has 3 fully saturated rings. The minimum absolute atomic E-state index is 0.0232. The zero-order valence-corrected chi connectivity index (χ0v) is 59.1. The van der Waals surface area contributed by atoms with Crippen molar-refractivity contribution >= 4 is 95.5 Å². The van der Waals surface area contributed by atoms with Crippen LogP contribution < -0.4 is 9.80 Å². The summed E-state index contributed by atoms with van der Waals surface area (Å²) in [7, 11) is 0. The molecule has 2 aromatic heterocycles. The number of esters is 3. The van der Waals surface area contributed by atoms with Crippen molar-refractivity contribution in [3.8, 4) is 6.07 Å². The number of likely N-dealkylation sites (N-methyl/N-ethyl adjacent to an activating group) is 2. The van der Waals surface area contributed by atoms with Crippen LogP contribution in [0.25, 0.3) is 14.5 Å². The Morgan fingerprint density at radius 3 is 1.52 bits per heavy atom. The summed E-state index contributed by atoms with van der Waals surface area (Å²) in [5.41, 5.74) is 9.56. The van der Waals surface area contributed by atoms with E-state index in [0.29, 0.717) is 113 Å². The first kappa shape index (κ1) is 77.4. The van der Waals surface area contributed by atoms with Crippen LogP contribution in [0.15, 0.2) is 118 Å². The lowest BCUT2D eigenvalue weighted by Crippen LogP contribution is -2.33. The first-order chi connectivity index (χ1) is 48.1. The molecule has 522 valence electrons. The maximum atomic E-state index is 12.4. The van der Waals surface area contributed by atoms with Crippen LogP contribution in [-0.2, 0) is 52.3 Å². The van der Waals surface area contributed by atoms with E-state index in [-0.39, 0.29) is 86.0 Å². The number of anilines is 2. The highest BCUT2D eigenvalue weighted by Crippen LogP contribution is 2.48. The first-order valence-corrected chi connectivity index (χ1v) is 35.1. The minimum atomic E-state index is -0.329. The fraction of sp³-hybridized carbons (Fsp3) is 0.467. The molecule has 4 aromatic carbocycles. The molecule has 1 saturated heterocycles. The second-order valence-electron chi connectivity index (χ2n) is 23.9. The van der Waals surface area contributed by atoms with Gasteiger partial charge in [-0.3, -0.25) is 19.2 Å². The predicted molar refractivity (Wildman–Crippen MR) is 382 cm³/mol. The van der Waals surface area contributed by atoms with Crippen molar-refractivity contribution in [3.63, 3.8) is 0 Å². The van der Waals surface area contributed by atoms with Crippen LogP contribution in [0, 0.1) is 82.4 Å². The number of hydrogen-bond donors (Lipinski definition) is 1. The molecule has 22 nitrogen and oxygen atoms in total. The lowest BCUT2D eigenvalue weighted by molar-refractivity contribution is -0.156. The molecule has 0 amide bonds. The number of hydrogen-bond acceptors (Lipinski definition) is 21. The maximum Gasteiger partial charge on any atom is 0.317 e. The molecule has 99 heavy (non-hydrogen) atoms. The number of nitriles is 1. The van der Waals surface area contributed by atoms with Gasteiger partial charge in [-0.2, -0.15) is 25.7 Å². The van der Waals surface area contributed by atoms with Crippen molar-refractivity contribution in [3.05, 3.63) is 170 Å². The van der Waals surface area contributed by atoms with Gasteiger partial charge in [0.15, 0.2) is 0 Å². The molecule has 3 aliphatic rings. The van der Waals surface area contributed by atoms with E-state index in [1.165, 1.54) is 22.7 Å². The number of aliphatic hydroxyl groups is 1. The highest BCUT2D eigenvalue weighted by atomic mass is 32.1. The van der Waals surface area contributed by atoms with Gasteiger partial charge in [0.25, 0.3) is 0 Å². The first-order valence-electron chi connectivity index (χ1n) is 33.5. The normalized spacial score (nSPS) is 16.9. The van der Waals surface area contributed by atoms with Crippen molar-refractivity contribution in [1.29, 1.82) is 5.26 Å². The number of azo groups is 2.